The van der Waals surface area contributed by atoms with Gasteiger partial charge in [0.15, 0.2) is 5.76 Å². The number of benzene rings is 1. The van der Waals surface area contributed by atoms with Crippen molar-refractivity contribution in [1.29, 1.82) is 0 Å². The zero-order valence-electron chi connectivity index (χ0n) is 11.5. The number of nitrogens with two attached hydrogens (primary N) is 1. The van der Waals surface area contributed by atoms with Crippen molar-refractivity contribution in [3.8, 4) is 0 Å². The van der Waals surface area contributed by atoms with Crippen molar-refractivity contribution >= 4 is 17.7 Å². The van der Waals surface area contributed by atoms with Crippen molar-refractivity contribution in [2.24, 2.45) is 5.73 Å². The molecule has 0 saturated carbocycles. The third-order valence-electron chi connectivity index (χ3n) is 2.97. The number of nitrogens with one attached hydrogen (secondary N) is 1. The minimum atomic E-state index is -0.227. The molecule has 0 saturated heterocycles. The van der Waals surface area contributed by atoms with E-state index in [4.69, 9.17) is 10.3 Å². The van der Waals surface area contributed by atoms with Gasteiger partial charge in [0.05, 0.1) is 5.69 Å². The summed E-state index contributed by atoms with van der Waals surface area (Å²) in [6, 6.07) is 9.49. The van der Waals surface area contributed by atoms with Crippen LogP contribution in [0.2, 0.25) is 0 Å². The SMILES string of the molecule is CCc1noc(/C=C(\N)c2ccccc2)c1C(=O)NC. The van der Waals surface area contributed by atoms with Crippen molar-refractivity contribution in [3.63, 3.8) is 0 Å². The zero-order chi connectivity index (χ0) is 14.5. The largest absolute Gasteiger partial charge is 0.398 e. The number of amides is 1. The second-order valence-corrected chi connectivity index (χ2v) is 4.27. The number of aromatic nitrogens is 1. The molecule has 20 heavy (non-hydrogen) atoms. The van der Waals surface area contributed by atoms with Gasteiger partial charge >= 0.3 is 0 Å². The van der Waals surface area contributed by atoms with Gasteiger partial charge in [0, 0.05) is 18.8 Å². The molecular weight excluding hydrogens is 254 g/mol. The summed E-state index contributed by atoms with van der Waals surface area (Å²) in [5, 5.41) is 6.50. The molecule has 0 unspecified atom stereocenters. The Morgan fingerprint density at radius 3 is 2.70 bits per heavy atom. The monoisotopic (exact) mass is 271 g/mol. The molecular formula is C15H17N3O2. The van der Waals surface area contributed by atoms with Crippen LogP contribution in [0, 0.1) is 0 Å². The number of carbonyl (C=O) groups is 1. The fourth-order valence-electron chi connectivity index (χ4n) is 1.90. The van der Waals surface area contributed by atoms with E-state index in [1.807, 2.05) is 37.3 Å². The maximum atomic E-state index is 11.9. The van der Waals surface area contributed by atoms with Crippen LogP contribution in [0.15, 0.2) is 34.9 Å². The highest BCUT2D eigenvalue weighted by atomic mass is 16.5. The molecule has 0 aliphatic rings. The second-order valence-electron chi connectivity index (χ2n) is 4.27. The minimum absolute atomic E-state index is 0.227. The lowest BCUT2D eigenvalue weighted by molar-refractivity contribution is 0.0961. The lowest BCUT2D eigenvalue weighted by Crippen LogP contribution is -2.19. The lowest BCUT2D eigenvalue weighted by atomic mass is 10.1. The average Bonchev–Trinajstić information content (AvgIpc) is 2.90. The number of aryl methyl sites for hydroxylation is 1. The Morgan fingerprint density at radius 1 is 1.40 bits per heavy atom. The van der Waals surface area contributed by atoms with Gasteiger partial charge in [0.25, 0.3) is 5.91 Å². The molecule has 1 heterocycles. The van der Waals surface area contributed by atoms with E-state index in [9.17, 15) is 4.79 Å². The summed E-state index contributed by atoms with van der Waals surface area (Å²) >= 11 is 0. The van der Waals surface area contributed by atoms with E-state index in [1.54, 1.807) is 13.1 Å². The van der Waals surface area contributed by atoms with Gasteiger partial charge in [-0.15, -0.1) is 0 Å². The van der Waals surface area contributed by atoms with Crippen molar-refractivity contribution in [1.82, 2.24) is 10.5 Å². The Morgan fingerprint density at radius 2 is 2.10 bits per heavy atom. The summed E-state index contributed by atoms with van der Waals surface area (Å²) in [6.07, 6.45) is 2.25. The van der Waals surface area contributed by atoms with Gasteiger partial charge in [-0.05, 0) is 12.0 Å². The topological polar surface area (TPSA) is 81.2 Å². The van der Waals surface area contributed by atoms with E-state index in [2.05, 4.69) is 10.5 Å². The Bertz CT molecular complexity index is 630. The Labute approximate surface area is 117 Å². The molecule has 5 heteroatoms. The van der Waals surface area contributed by atoms with Crippen LogP contribution in [0.3, 0.4) is 0 Å². The first-order chi connectivity index (χ1) is 9.67. The van der Waals surface area contributed by atoms with E-state index in [-0.39, 0.29) is 5.91 Å². The normalized spacial score (nSPS) is 11.4. The molecule has 0 spiro atoms. The van der Waals surface area contributed by atoms with Crippen LogP contribution in [0.4, 0.5) is 0 Å². The van der Waals surface area contributed by atoms with Gasteiger partial charge < -0.3 is 15.6 Å². The quantitative estimate of drug-likeness (QED) is 0.891. The van der Waals surface area contributed by atoms with Crippen LogP contribution in [0.25, 0.3) is 11.8 Å². The Kier molecular flexibility index (Phi) is 4.20. The van der Waals surface area contributed by atoms with Crippen LogP contribution in [-0.2, 0) is 6.42 Å². The van der Waals surface area contributed by atoms with Gasteiger partial charge in [-0.1, -0.05) is 42.4 Å². The van der Waals surface area contributed by atoms with Crippen LogP contribution in [-0.4, -0.2) is 18.1 Å². The number of nitrogens with zero attached hydrogens (tertiary/aromatic N) is 1. The number of carbonyl (C=O) groups excluding carboxylic acids is 1. The standard InChI is InChI=1S/C15H17N3O2/c1-3-12-14(15(19)17-2)13(20-18-12)9-11(16)10-7-5-4-6-8-10/h4-9H,3,16H2,1-2H3,(H,17,19)/b11-9-. The van der Waals surface area contributed by atoms with Gasteiger partial charge in [-0.2, -0.15) is 0 Å². The third kappa shape index (κ3) is 2.71. The molecule has 5 nitrogen and oxygen atoms in total. The highest BCUT2D eigenvalue weighted by Crippen LogP contribution is 2.20. The number of rotatable bonds is 4. The molecule has 0 atom stereocenters. The molecule has 0 radical (unpaired) electrons. The predicted octanol–water partition coefficient (Wildman–Crippen LogP) is 2.05. The van der Waals surface area contributed by atoms with E-state index in [1.165, 1.54) is 0 Å². The molecule has 1 aromatic heterocycles. The maximum Gasteiger partial charge on any atom is 0.256 e. The first-order valence-corrected chi connectivity index (χ1v) is 6.40. The summed E-state index contributed by atoms with van der Waals surface area (Å²) in [4.78, 5) is 11.9. The highest BCUT2D eigenvalue weighted by Gasteiger charge is 2.19. The summed E-state index contributed by atoms with van der Waals surface area (Å²) in [5.74, 6) is 0.151. The molecule has 2 rings (SSSR count). The van der Waals surface area contributed by atoms with Crippen molar-refractivity contribution in [3.05, 3.63) is 52.9 Å². The van der Waals surface area contributed by atoms with E-state index >= 15 is 0 Å². The maximum absolute atomic E-state index is 11.9. The fraction of sp³-hybridized carbons (Fsp3) is 0.200. The number of hydrogen-bond acceptors (Lipinski definition) is 4. The van der Waals surface area contributed by atoms with Crippen LogP contribution in [0.1, 0.15) is 34.3 Å². The third-order valence-corrected chi connectivity index (χ3v) is 2.97. The average molecular weight is 271 g/mol. The van der Waals surface area contributed by atoms with Gasteiger partial charge in [0.2, 0.25) is 0 Å². The Hall–Kier alpha value is -2.56. The molecule has 2 aromatic rings. The summed E-state index contributed by atoms with van der Waals surface area (Å²) in [7, 11) is 1.57. The van der Waals surface area contributed by atoms with Gasteiger partial charge in [-0.3, -0.25) is 4.79 Å². The molecule has 0 aliphatic heterocycles. The van der Waals surface area contributed by atoms with Crippen LogP contribution >= 0.6 is 0 Å². The first-order valence-electron chi connectivity index (χ1n) is 6.40. The van der Waals surface area contributed by atoms with Crippen molar-refractivity contribution in [2.45, 2.75) is 13.3 Å². The van der Waals surface area contributed by atoms with Crippen LogP contribution < -0.4 is 11.1 Å². The second kappa shape index (κ2) is 6.06. The van der Waals surface area contributed by atoms with E-state index < -0.39 is 0 Å². The molecule has 0 fully saturated rings. The van der Waals surface area contributed by atoms with Crippen molar-refractivity contribution < 1.29 is 9.32 Å². The minimum Gasteiger partial charge on any atom is -0.398 e. The fourth-order valence-corrected chi connectivity index (χ4v) is 1.90. The molecule has 104 valence electrons. The molecule has 0 aliphatic carbocycles. The molecule has 1 amide bonds. The molecule has 1 aromatic carbocycles. The van der Waals surface area contributed by atoms with Gasteiger partial charge in [0.1, 0.15) is 5.56 Å². The Balaban J connectivity index is 2.43. The van der Waals surface area contributed by atoms with E-state index in [0.717, 1.165) is 5.56 Å². The summed E-state index contributed by atoms with van der Waals surface area (Å²) < 4.78 is 5.23. The highest BCUT2D eigenvalue weighted by molar-refractivity contribution is 5.99. The van der Waals surface area contributed by atoms with Crippen molar-refractivity contribution in [2.75, 3.05) is 7.05 Å². The summed E-state index contributed by atoms with van der Waals surface area (Å²) in [5.41, 5.74) is 8.48. The van der Waals surface area contributed by atoms with Gasteiger partial charge in [-0.25, -0.2) is 0 Å². The van der Waals surface area contributed by atoms with Crippen LogP contribution in [0.5, 0.6) is 0 Å². The molecule has 3 N–H and O–H groups in total. The van der Waals surface area contributed by atoms with E-state index in [0.29, 0.717) is 29.1 Å². The molecule has 0 bridgehead atoms. The number of hydrogen-bond donors (Lipinski definition) is 2. The summed E-state index contributed by atoms with van der Waals surface area (Å²) in [6.45, 7) is 1.92. The lowest BCUT2D eigenvalue weighted by Gasteiger charge is -2.02. The first kappa shape index (κ1) is 13.9. The predicted molar refractivity (Wildman–Crippen MR) is 77.8 cm³/mol. The zero-order valence-corrected chi connectivity index (χ0v) is 11.5. The smallest absolute Gasteiger partial charge is 0.256 e.